The summed E-state index contributed by atoms with van der Waals surface area (Å²) in [5, 5.41) is 9.35. The Morgan fingerprint density at radius 3 is 2.43 bits per heavy atom. The van der Waals surface area contributed by atoms with Gasteiger partial charge in [-0.05, 0) is 36.1 Å². The molecule has 0 radical (unpaired) electrons. The molecule has 1 aromatic heterocycles. The van der Waals surface area contributed by atoms with E-state index in [1.807, 2.05) is 37.3 Å². The number of benzene rings is 2. The fourth-order valence-electron chi connectivity index (χ4n) is 3.23. The van der Waals surface area contributed by atoms with Crippen molar-refractivity contribution >= 4 is 18.1 Å². The van der Waals surface area contributed by atoms with Gasteiger partial charge in [0.1, 0.15) is 18.6 Å². The lowest BCUT2D eigenvalue weighted by atomic mass is 9.96. The summed E-state index contributed by atoms with van der Waals surface area (Å²) in [6.45, 7) is 2.37. The summed E-state index contributed by atoms with van der Waals surface area (Å²) in [4.78, 5) is 39.6. The van der Waals surface area contributed by atoms with E-state index in [-0.39, 0.29) is 31.0 Å². The number of ether oxygens (including phenoxy) is 3. The molecular weight excluding hydrogens is 454 g/mol. The maximum absolute atomic E-state index is 12.3. The highest BCUT2D eigenvalue weighted by Gasteiger charge is 2.24. The van der Waals surface area contributed by atoms with E-state index in [4.69, 9.17) is 18.6 Å². The lowest BCUT2D eigenvalue weighted by Crippen LogP contribution is -2.12. The van der Waals surface area contributed by atoms with Gasteiger partial charge in [-0.2, -0.15) is 0 Å². The van der Waals surface area contributed by atoms with E-state index in [2.05, 4.69) is 4.98 Å². The van der Waals surface area contributed by atoms with E-state index in [9.17, 15) is 19.5 Å². The van der Waals surface area contributed by atoms with Crippen LogP contribution >= 0.6 is 0 Å². The Kier molecular flexibility index (Phi) is 9.41. The number of carboxylic acids is 1. The van der Waals surface area contributed by atoms with Crippen LogP contribution in [0.4, 0.5) is 4.79 Å². The summed E-state index contributed by atoms with van der Waals surface area (Å²) in [5.41, 5.74) is 1.57. The Bertz CT molecular complexity index is 1110. The summed E-state index contributed by atoms with van der Waals surface area (Å²) in [6.07, 6.45) is 2.08. The van der Waals surface area contributed by atoms with Gasteiger partial charge in [-0.1, -0.05) is 55.8 Å². The quantitative estimate of drug-likeness (QED) is 0.212. The Balaban J connectivity index is 1.61. The van der Waals surface area contributed by atoms with Gasteiger partial charge in [-0.3, -0.25) is 4.79 Å². The van der Waals surface area contributed by atoms with Gasteiger partial charge in [0.15, 0.2) is 11.6 Å². The molecule has 0 unspecified atom stereocenters. The Labute approximate surface area is 202 Å². The maximum atomic E-state index is 12.3. The van der Waals surface area contributed by atoms with Crippen LogP contribution in [-0.2, 0) is 27.3 Å². The highest BCUT2D eigenvalue weighted by Crippen LogP contribution is 2.26. The zero-order valence-electron chi connectivity index (χ0n) is 19.3. The number of nitrogens with zero attached hydrogens (tertiary/aromatic N) is 1. The highest BCUT2D eigenvalue weighted by molar-refractivity contribution is 5.86. The smallest absolute Gasteiger partial charge is 0.481 e. The number of hydrogen-bond acceptors (Lipinski definition) is 8. The molecule has 0 aliphatic heterocycles. The Morgan fingerprint density at radius 1 is 1.00 bits per heavy atom. The fraction of sp³-hybridized carbons (Fsp3) is 0.308. The minimum absolute atomic E-state index is 0.0309. The van der Waals surface area contributed by atoms with Gasteiger partial charge in [0.25, 0.3) is 0 Å². The first-order valence-corrected chi connectivity index (χ1v) is 11.3. The lowest BCUT2D eigenvalue weighted by molar-refractivity contribution is -0.137. The zero-order chi connectivity index (χ0) is 25.0. The van der Waals surface area contributed by atoms with E-state index < -0.39 is 24.0 Å². The molecule has 3 aromatic rings. The third kappa shape index (κ3) is 8.29. The molecule has 0 saturated carbocycles. The first-order chi connectivity index (χ1) is 16.9. The normalized spacial score (nSPS) is 11.5. The molecule has 184 valence electrons. The summed E-state index contributed by atoms with van der Waals surface area (Å²) >= 11 is 0. The third-order valence-electron chi connectivity index (χ3n) is 5.04. The van der Waals surface area contributed by atoms with Gasteiger partial charge in [-0.15, -0.1) is 0 Å². The predicted octanol–water partition coefficient (Wildman–Crippen LogP) is 5.15. The summed E-state index contributed by atoms with van der Waals surface area (Å²) in [5.74, 6) is -1.88. The molecule has 0 saturated heterocycles. The number of aromatic nitrogens is 1. The molecule has 1 atom stereocenters. The molecule has 0 bridgehead atoms. The molecule has 9 nitrogen and oxygen atoms in total. The summed E-state index contributed by atoms with van der Waals surface area (Å²) in [7, 11) is 0. The number of rotatable bonds is 12. The molecule has 0 aliphatic carbocycles. The molecule has 1 heterocycles. The standard InChI is InChI=1S/C26H27NO8/c1-2-3-13-32-26(31)35-21-11-9-18(10-12-21)14-20(15-23(28)29)24-27-22(17-33-24)25(30)34-16-19-7-5-4-6-8-19/h4-12,17,20H,2-3,13-16H2,1H3,(H,28,29)/t20-/m1/s1. The van der Waals surface area contributed by atoms with Crippen LogP contribution in [0.3, 0.4) is 0 Å². The van der Waals surface area contributed by atoms with Crippen LogP contribution in [-0.4, -0.2) is 34.8 Å². The number of carbonyl (C=O) groups excluding carboxylic acids is 2. The van der Waals surface area contributed by atoms with Crippen LogP contribution in [0.25, 0.3) is 0 Å². The largest absolute Gasteiger partial charge is 0.513 e. The number of esters is 1. The van der Waals surface area contributed by atoms with Crippen molar-refractivity contribution in [3.05, 3.63) is 83.6 Å². The van der Waals surface area contributed by atoms with Gasteiger partial charge in [0.2, 0.25) is 0 Å². The Hall–Kier alpha value is -4.14. The number of carbonyl (C=O) groups is 3. The molecule has 1 N–H and O–H groups in total. The van der Waals surface area contributed by atoms with E-state index in [1.54, 1.807) is 24.3 Å². The average Bonchev–Trinajstić information content (AvgIpc) is 3.34. The zero-order valence-corrected chi connectivity index (χ0v) is 19.3. The second-order valence-corrected chi connectivity index (χ2v) is 7.83. The molecular formula is C26H27NO8. The Morgan fingerprint density at radius 2 is 1.74 bits per heavy atom. The van der Waals surface area contributed by atoms with Crippen LogP contribution in [0.5, 0.6) is 5.75 Å². The molecule has 2 aromatic carbocycles. The number of carboxylic acid groups (broad SMARTS) is 1. The van der Waals surface area contributed by atoms with Crippen LogP contribution < -0.4 is 4.74 Å². The highest BCUT2D eigenvalue weighted by atomic mass is 16.7. The molecule has 9 heteroatoms. The average molecular weight is 482 g/mol. The third-order valence-corrected chi connectivity index (χ3v) is 5.04. The minimum atomic E-state index is -1.03. The van der Waals surface area contributed by atoms with Crippen molar-refractivity contribution < 1.29 is 38.1 Å². The van der Waals surface area contributed by atoms with Crippen molar-refractivity contribution in [2.24, 2.45) is 0 Å². The van der Waals surface area contributed by atoms with Gasteiger partial charge in [0.05, 0.1) is 18.9 Å². The molecule has 0 spiro atoms. The van der Waals surface area contributed by atoms with Gasteiger partial charge in [-0.25, -0.2) is 14.6 Å². The van der Waals surface area contributed by atoms with Crippen molar-refractivity contribution in [1.29, 1.82) is 0 Å². The van der Waals surface area contributed by atoms with Gasteiger partial charge < -0.3 is 23.7 Å². The van der Waals surface area contributed by atoms with Gasteiger partial charge in [0, 0.05) is 0 Å². The van der Waals surface area contributed by atoms with Crippen molar-refractivity contribution in [3.63, 3.8) is 0 Å². The second kappa shape index (κ2) is 12.9. The number of oxazole rings is 1. The van der Waals surface area contributed by atoms with Gasteiger partial charge >= 0.3 is 18.1 Å². The molecule has 0 aliphatic rings. The van der Waals surface area contributed by atoms with E-state index in [0.29, 0.717) is 12.4 Å². The fourth-order valence-corrected chi connectivity index (χ4v) is 3.23. The van der Waals surface area contributed by atoms with E-state index >= 15 is 0 Å². The number of hydrogen-bond donors (Lipinski definition) is 1. The SMILES string of the molecule is CCCCOC(=O)Oc1ccc(C[C@H](CC(=O)O)c2nc(C(=O)OCc3ccccc3)co2)cc1. The van der Waals surface area contributed by atoms with Crippen molar-refractivity contribution in [1.82, 2.24) is 4.98 Å². The van der Waals surface area contributed by atoms with Crippen molar-refractivity contribution in [3.8, 4) is 5.75 Å². The molecule has 0 amide bonds. The van der Waals surface area contributed by atoms with E-state index in [1.165, 1.54) is 6.26 Å². The predicted molar refractivity (Wildman–Crippen MR) is 124 cm³/mol. The first-order valence-electron chi connectivity index (χ1n) is 11.3. The van der Waals surface area contributed by atoms with Crippen LogP contribution in [0.2, 0.25) is 0 Å². The lowest BCUT2D eigenvalue weighted by Gasteiger charge is -2.12. The second-order valence-electron chi connectivity index (χ2n) is 7.83. The van der Waals surface area contributed by atoms with E-state index in [0.717, 1.165) is 24.0 Å². The minimum Gasteiger partial charge on any atom is -0.481 e. The van der Waals surface area contributed by atoms with Crippen LogP contribution in [0, 0.1) is 0 Å². The maximum Gasteiger partial charge on any atom is 0.513 e. The molecule has 3 rings (SSSR count). The van der Waals surface area contributed by atoms with Crippen molar-refractivity contribution in [2.75, 3.05) is 6.61 Å². The van der Waals surface area contributed by atoms with Crippen LogP contribution in [0.1, 0.15) is 59.6 Å². The topological polar surface area (TPSA) is 125 Å². The summed E-state index contributed by atoms with van der Waals surface area (Å²) < 4.78 is 20.8. The first kappa shape index (κ1) is 25.5. The van der Waals surface area contributed by atoms with Crippen molar-refractivity contribution in [2.45, 2.75) is 45.1 Å². The van der Waals surface area contributed by atoms with Crippen LogP contribution in [0.15, 0.2) is 65.3 Å². The number of unbranched alkanes of at least 4 members (excludes halogenated alkanes) is 1. The summed E-state index contributed by atoms with van der Waals surface area (Å²) in [6, 6.07) is 15.8. The monoisotopic (exact) mass is 481 g/mol. The molecule has 35 heavy (non-hydrogen) atoms. The number of aliphatic carboxylic acids is 1. The molecule has 0 fully saturated rings.